The molecule has 1 atom stereocenters. The number of guanidine groups is 1. The summed E-state index contributed by atoms with van der Waals surface area (Å²) in [6, 6.07) is 6.86. The van der Waals surface area contributed by atoms with Gasteiger partial charge in [-0.3, -0.25) is 14.7 Å². The number of piperazine rings is 1. The Morgan fingerprint density at radius 3 is 2.34 bits per heavy atom. The Kier molecular flexibility index (Phi) is 11.8. The van der Waals surface area contributed by atoms with Crippen LogP contribution in [-0.4, -0.2) is 108 Å². The molecule has 11 nitrogen and oxygen atoms in total. The van der Waals surface area contributed by atoms with Crippen molar-refractivity contribution >= 4 is 29.5 Å². The molecule has 2 aliphatic rings. The first kappa shape index (κ1) is 30.8. The number of amides is 1. The van der Waals surface area contributed by atoms with Crippen LogP contribution in [0.1, 0.15) is 37.0 Å². The number of carboxylic acids is 2. The molecule has 3 rings (SSSR count). The summed E-state index contributed by atoms with van der Waals surface area (Å²) in [5.74, 6) is -2.97. The van der Waals surface area contributed by atoms with Gasteiger partial charge in [-0.15, -0.1) is 0 Å². The molecule has 1 amide bonds. The van der Waals surface area contributed by atoms with Crippen molar-refractivity contribution < 1.29 is 42.5 Å². The third kappa shape index (κ3) is 10.9. The molecule has 0 radical (unpaired) electrons. The number of carboxylic acid groups (broad SMARTS) is 2. The summed E-state index contributed by atoms with van der Waals surface area (Å²) < 4.78 is 37.4. The lowest BCUT2D eigenvalue weighted by Crippen LogP contribution is -2.53. The van der Waals surface area contributed by atoms with Gasteiger partial charge in [-0.2, -0.15) is 13.2 Å². The lowest BCUT2D eigenvalue weighted by molar-refractivity contribution is -0.192. The number of aliphatic imine (C=N–C) groups is 1. The number of carbonyl (C=O) groups excluding carboxylic acids is 1. The molecule has 2 heterocycles. The molecule has 0 bridgehead atoms. The molecule has 0 spiro atoms. The number of nitrogens with one attached hydrogen (secondary N) is 2. The van der Waals surface area contributed by atoms with Crippen molar-refractivity contribution in [1.29, 1.82) is 0 Å². The molecule has 1 aromatic rings. The minimum Gasteiger partial charge on any atom is -0.478 e. The van der Waals surface area contributed by atoms with E-state index in [-0.39, 0.29) is 23.6 Å². The van der Waals surface area contributed by atoms with E-state index in [0.29, 0.717) is 24.7 Å². The van der Waals surface area contributed by atoms with Crippen LogP contribution in [0.15, 0.2) is 29.3 Å². The van der Waals surface area contributed by atoms with Crippen molar-refractivity contribution in [2.24, 2.45) is 4.99 Å². The summed E-state index contributed by atoms with van der Waals surface area (Å²) in [7, 11) is 0. The minimum atomic E-state index is -5.08. The molecule has 2 saturated heterocycles. The first-order chi connectivity index (χ1) is 17.8. The first-order valence-corrected chi connectivity index (χ1v) is 12.2. The van der Waals surface area contributed by atoms with E-state index >= 15 is 0 Å². The van der Waals surface area contributed by atoms with Crippen LogP contribution in [0.25, 0.3) is 0 Å². The number of aromatic carboxylic acids is 1. The van der Waals surface area contributed by atoms with E-state index in [0.717, 1.165) is 45.6 Å². The lowest BCUT2D eigenvalue weighted by Gasteiger charge is -2.36. The van der Waals surface area contributed by atoms with E-state index in [1.54, 1.807) is 18.2 Å². The molecule has 0 aliphatic carbocycles. The second kappa shape index (κ2) is 14.5. The maximum atomic E-state index is 12.1. The van der Waals surface area contributed by atoms with Gasteiger partial charge in [-0.25, -0.2) is 9.59 Å². The number of hydrogen-bond acceptors (Lipinski definition) is 6. The van der Waals surface area contributed by atoms with Gasteiger partial charge in [0.05, 0.1) is 24.8 Å². The Morgan fingerprint density at radius 2 is 1.82 bits per heavy atom. The Balaban J connectivity index is 0.000000638. The zero-order valence-electron chi connectivity index (χ0n) is 21.3. The van der Waals surface area contributed by atoms with Gasteiger partial charge in [0, 0.05) is 44.5 Å². The van der Waals surface area contributed by atoms with Gasteiger partial charge in [0.15, 0.2) is 5.96 Å². The molecule has 0 aromatic heterocycles. The third-order valence-corrected chi connectivity index (χ3v) is 5.57. The van der Waals surface area contributed by atoms with Crippen LogP contribution in [0.4, 0.5) is 18.9 Å². The van der Waals surface area contributed by atoms with Crippen LogP contribution in [0.2, 0.25) is 0 Å². The van der Waals surface area contributed by atoms with Crippen molar-refractivity contribution in [3.63, 3.8) is 0 Å². The number of nitrogens with zero attached hydrogens (tertiary/aromatic N) is 3. The van der Waals surface area contributed by atoms with Crippen molar-refractivity contribution in [2.45, 2.75) is 45.0 Å². The van der Waals surface area contributed by atoms with Gasteiger partial charge in [0.25, 0.3) is 0 Å². The average Bonchev–Trinajstić information content (AvgIpc) is 3.35. The molecule has 212 valence electrons. The average molecular weight is 546 g/mol. The monoisotopic (exact) mass is 545 g/mol. The fourth-order valence-electron chi connectivity index (χ4n) is 3.74. The number of carbonyl (C=O) groups is 3. The molecule has 0 saturated carbocycles. The highest BCUT2D eigenvalue weighted by Crippen LogP contribution is 2.16. The zero-order valence-corrected chi connectivity index (χ0v) is 21.3. The number of halogens is 3. The number of ether oxygens (including phenoxy) is 1. The van der Waals surface area contributed by atoms with Gasteiger partial charge in [0.1, 0.15) is 0 Å². The number of anilines is 1. The van der Waals surface area contributed by atoms with Gasteiger partial charge in [-0.05, 0) is 44.9 Å². The van der Waals surface area contributed by atoms with E-state index in [9.17, 15) is 27.9 Å². The molecule has 14 heteroatoms. The normalized spacial score (nSPS) is 18.5. The van der Waals surface area contributed by atoms with Gasteiger partial charge in [0.2, 0.25) is 5.91 Å². The fraction of sp³-hybridized carbons (Fsp3) is 0.583. The zero-order chi connectivity index (χ0) is 28.3. The Labute approximate surface area is 218 Å². The number of alkyl halides is 3. The molecule has 2 fully saturated rings. The van der Waals surface area contributed by atoms with E-state index in [4.69, 9.17) is 19.6 Å². The number of rotatable bonds is 7. The summed E-state index contributed by atoms with van der Waals surface area (Å²) in [6.45, 7) is 8.61. The molecule has 38 heavy (non-hydrogen) atoms. The maximum absolute atomic E-state index is 12.1. The second-order valence-corrected chi connectivity index (χ2v) is 9.10. The Morgan fingerprint density at radius 1 is 1.16 bits per heavy atom. The molecule has 4 N–H and O–H groups in total. The van der Waals surface area contributed by atoms with Crippen LogP contribution >= 0.6 is 0 Å². The SMILES string of the molecule is CC(C)NC(=O)CN1CCN(C(=NCC2CCCO2)Nc2cccc(C(=O)O)c2)CC1.O=C(O)C(F)(F)F. The predicted octanol–water partition coefficient (Wildman–Crippen LogP) is 2.11. The van der Waals surface area contributed by atoms with Crippen LogP contribution in [0.5, 0.6) is 0 Å². The molecule has 2 aliphatic heterocycles. The van der Waals surface area contributed by atoms with Crippen molar-refractivity contribution in [3.8, 4) is 0 Å². The number of aliphatic carboxylic acids is 1. The predicted molar refractivity (Wildman–Crippen MR) is 133 cm³/mol. The van der Waals surface area contributed by atoms with Crippen LogP contribution < -0.4 is 10.6 Å². The number of benzene rings is 1. The summed E-state index contributed by atoms with van der Waals surface area (Å²) >= 11 is 0. The topological polar surface area (TPSA) is 144 Å². The minimum absolute atomic E-state index is 0.0410. The smallest absolute Gasteiger partial charge is 0.478 e. The Hall–Kier alpha value is -3.39. The summed E-state index contributed by atoms with van der Waals surface area (Å²) in [5.41, 5.74) is 0.911. The molecular weight excluding hydrogens is 511 g/mol. The summed E-state index contributed by atoms with van der Waals surface area (Å²) in [4.78, 5) is 41.3. The third-order valence-electron chi connectivity index (χ3n) is 5.57. The standard InChI is InChI=1S/C22H33N5O4.C2HF3O2/c1-16(2)24-20(28)15-26-8-10-27(11-9-26)22(23-14-19-7-4-12-31-19)25-18-6-3-5-17(13-18)21(29)30;3-2(4,5)1(6)7/h3,5-6,13,16,19H,4,7-12,14-15H2,1-2H3,(H,23,25)(H,24,28)(H,29,30);(H,6,7). The van der Waals surface area contributed by atoms with Gasteiger partial charge in [-0.1, -0.05) is 6.07 Å². The highest BCUT2D eigenvalue weighted by atomic mass is 19.4. The molecule has 1 aromatic carbocycles. The fourth-order valence-corrected chi connectivity index (χ4v) is 3.74. The highest BCUT2D eigenvalue weighted by molar-refractivity contribution is 5.96. The second-order valence-electron chi connectivity index (χ2n) is 9.10. The van der Waals surface area contributed by atoms with E-state index in [2.05, 4.69) is 20.4 Å². The highest BCUT2D eigenvalue weighted by Gasteiger charge is 2.38. The van der Waals surface area contributed by atoms with Crippen LogP contribution in [0, 0.1) is 0 Å². The van der Waals surface area contributed by atoms with Crippen molar-refractivity contribution in [1.82, 2.24) is 15.1 Å². The summed E-state index contributed by atoms with van der Waals surface area (Å²) in [5, 5.41) is 22.6. The summed E-state index contributed by atoms with van der Waals surface area (Å²) in [6.07, 6.45) is -2.90. The van der Waals surface area contributed by atoms with Crippen molar-refractivity contribution in [2.75, 3.05) is 51.2 Å². The van der Waals surface area contributed by atoms with E-state index in [1.807, 2.05) is 19.9 Å². The van der Waals surface area contributed by atoms with E-state index in [1.165, 1.54) is 0 Å². The van der Waals surface area contributed by atoms with E-state index < -0.39 is 18.1 Å². The first-order valence-electron chi connectivity index (χ1n) is 12.2. The largest absolute Gasteiger partial charge is 0.490 e. The lowest BCUT2D eigenvalue weighted by atomic mass is 10.2. The Bertz CT molecular complexity index is 975. The molecular formula is C24H34F3N5O6. The van der Waals surface area contributed by atoms with Crippen LogP contribution in [-0.2, 0) is 14.3 Å². The number of hydrogen-bond donors (Lipinski definition) is 4. The maximum Gasteiger partial charge on any atom is 0.490 e. The van der Waals surface area contributed by atoms with Gasteiger partial charge < -0.3 is 30.5 Å². The van der Waals surface area contributed by atoms with Crippen LogP contribution in [0.3, 0.4) is 0 Å². The van der Waals surface area contributed by atoms with Gasteiger partial charge >= 0.3 is 18.1 Å². The van der Waals surface area contributed by atoms with Crippen molar-refractivity contribution in [3.05, 3.63) is 29.8 Å². The quantitative estimate of drug-likeness (QED) is 0.299. The molecule has 1 unspecified atom stereocenters.